The quantitative estimate of drug-likeness (QED) is 0.597. The fourth-order valence-corrected chi connectivity index (χ4v) is 3.13. The predicted molar refractivity (Wildman–Crippen MR) is 98.3 cm³/mol. The molecule has 1 heterocycles. The van der Waals surface area contributed by atoms with E-state index < -0.39 is 16.9 Å². The van der Waals surface area contributed by atoms with Crippen LogP contribution in [0.3, 0.4) is 0 Å². The predicted octanol–water partition coefficient (Wildman–Crippen LogP) is 2.43. The molecule has 2 aromatic carbocycles. The lowest BCUT2D eigenvalue weighted by Gasteiger charge is -2.24. The molecule has 0 aromatic heterocycles. The van der Waals surface area contributed by atoms with Gasteiger partial charge < -0.3 is 15.3 Å². The van der Waals surface area contributed by atoms with Crippen molar-refractivity contribution in [2.75, 3.05) is 11.9 Å². The van der Waals surface area contributed by atoms with Gasteiger partial charge in [-0.15, -0.1) is 0 Å². The van der Waals surface area contributed by atoms with Crippen LogP contribution in [0, 0.1) is 10.1 Å². The monoisotopic (exact) mass is 369 g/mol. The smallest absolute Gasteiger partial charge is 0.305 e. The first-order valence-electron chi connectivity index (χ1n) is 8.52. The summed E-state index contributed by atoms with van der Waals surface area (Å²) in [6.45, 7) is 0.578. The van der Waals surface area contributed by atoms with Crippen molar-refractivity contribution in [2.45, 2.75) is 25.4 Å². The number of nitro benzene ring substituents is 1. The second-order valence-electron chi connectivity index (χ2n) is 6.39. The Morgan fingerprint density at radius 2 is 2.00 bits per heavy atom. The van der Waals surface area contributed by atoms with Crippen LogP contribution in [-0.4, -0.2) is 39.4 Å². The number of nitrogens with one attached hydrogen (secondary N) is 1. The average Bonchev–Trinajstić information content (AvgIpc) is 2.77. The average molecular weight is 369 g/mol. The van der Waals surface area contributed by atoms with E-state index in [0.29, 0.717) is 24.2 Å². The fourth-order valence-electron chi connectivity index (χ4n) is 3.13. The first kappa shape index (κ1) is 18.4. The van der Waals surface area contributed by atoms with Gasteiger partial charge in [0.25, 0.3) is 5.69 Å². The van der Waals surface area contributed by atoms with Crippen molar-refractivity contribution < 1.29 is 19.6 Å². The van der Waals surface area contributed by atoms with Crippen molar-refractivity contribution in [1.82, 2.24) is 4.90 Å². The van der Waals surface area contributed by atoms with Gasteiger partial charge in [0, 0.05) is 36.5 Å². The van der Waals surface area contributed by atoms with E-state index >= 15 is 0 Å². The second kappa shape index (κ2) is 7.86. The summed E-state index contributed by atoms with van der Waals surface area (Å²) in [7, 11) is 0. The first-order valence-corrected chi connectivity index (χ1v) is 8.52. The van der Waals surface area contributed by atoms with Crippen LogP contribution >= 0.6 is 0 Å². The summed E-state index contributed by atoms with van der Waals surface area (Å²) in [5.41, 5.74) is 2.13. The molecule has 1 aliphatic heterocycles. The highest BCUT2D eigenvalue weighted by Gasteiger charge is 2.31. The van der Waals surface area contributed by atoms with Crippen molar-refractivity contribution in [3.8, 4) is 0 Å². The van der Waals surface area contributed by atoms with E-state index in [4.69, 9.17) is 5.11 Å². The third kappa shape index (κ3) is 4.41. The summed E-state index contributed by atoms with van der Waals surface area (Å²) in [4.78, 5) is 36.2. The highest BCUT2D eigenvalue weighted by molar-refractivity contribution is 5.90. The maximum Gasteiger partial charge on any atom is 0.305 e. The van der Waals surface area contributed by atoms with Gasteiger partial charge in [-0.05, 0) is 18.1 Å². The topological polar surface area (TPSA) is 113 Å². The summed E-state index contributed by atoms with van der Waals surface area (Å²) >= 11 is 0. The van der Waals surface area contributed by atoms with Crippen LogP contribution in [-0.2, 0) is 22.6 Å². The van der Waals surface area contributed by atoms with Crippen molar-refractivity contribution in [3.05, 3.63) is 69.8 Å². The molecule has 0 aliphatic carbocycles. The number of rotatable bonds is 6. The third-order valence-corrected chi connectivity index (χ3v) is 4.49. The molecule has 0 bridgehead atoms. The number of carbonyl (C=O) groups excluding carboxylic acids is 1. The van der Waals surface area contributed by atoms with E-state index in [0.717, 1.165) is 5.56 Å². The Hall–Kier alpha value is -3.42. The molecule has 1 amide bonds. The van der Waals surface area contributed by atoms with Crippen LogP contribution in [0.5, 0.6) is 0 Å². The summed E-state index contributed by atoms with van der Waals surface area (Å²) in [5.74, 6) is -1.42. The van der Waals surface area contributed by atoms with Crippen molar-refractivity contribution in [3.63, 3.8) is 0 Å². The van der Waals surface area contributed by atoms with Crippen LogP contribution in [0.4, 0.5) is 11.4 Å². The van der Waals surface area contributed by atoms with Gasteiger partial charge in [-0.3, -0.25) is 19.7 Å². The molecule has 8 nitrogen and oxygen atoms in total. The van der Waals surface area contributed by atoms with Gasteiger partial charge in [-0.2, -0.15) is 0 Å². The second-order valence-corrected chi connectivity index (χ2v) is 6.39. The Balaban J connectivity index is 1.88. The third-order valence-electron chi connectivity index (χ3n) is 4.49. The molecule has 0 fully saturated rings. The van der Waals surface area contributed by atoms with Crippen molar-refractivity contribution in [2.24, 2.45) is 0 Å². The minimum absolute atomic E-state index is 0.0670. The number of aliphatic carboxylic acids is 1. The fraction of sp³-hybridized carbons (Fsp3) is 0.263. The Morgan fingerprint density at radius 1 is 1.26 bits per heavy atom. The Morgan fingerprint density at radius 3 is 2.67 bits per heavy atom. The molecular weight excluding hydrogens is 350 g/mol. The number of fused-ring (bicyclic) bond motifs is 1. The van der Waals surface area contributed by atoms with Crippen LogP contribution in [0.25, 0.3) is 0 Å². The van der Waals surface area contributed by atoms with Crippen molar-refractivity contribution in [1.29, 1.82) is 0 Å². The van der Waals surface area contributed by atoms with Crippen LogP contribution < -0.4 is 5.32 Å². The molecule has 1 unspecified atom stereocenters. The van der Waals surface area contributed by atoms with Crippen LogP contribution in [0.15, 0.2) is 48.5 Å². The normalized spacial score (nSPS) is 16.2. The van der Waals surface area contributed by atoms with Gasteiger partial charge in [0.15, 0.2) is 0 Å². The molecule has 1 atom stereocenters. The maximum absolute atomic E-state index is 12.9. The molecule has 2 N–H and O–H groups in total. The molecule has 0 saturated heterocycles. The lowest BCUT2D eigenvalue weighted by Crippen LogP contribution is -2.42. The molecule has 1 aliphatic rings. The zero-order valence-corrected chi connectivity index (χ0v) is 14.5. The zero-order valence-electron chi connectivity index (χ0n) is 14.5. The van der Waals surface area contributed by atoms with Gasteiger partial charge in [-0.1, -0.05) is 30.3 Å². The number of benzene rings is 2. The lowest BCUT2D eigenvalue weighted by molar-refractivity contribution is -0.384. The van der Waals surface area contributed by atoms with Crippen molar-refractivity contribution >= 4 is 23.3 Å². The largest absolute Gasteiger partial charge is 0.481 e. The number of nitrogens with zero attached hydrogens (tertiary/aromatic N) is 2. The van der Waals surface area contributed by atoms with E-state index in [1.165, 1.54) is 18.2 Å². The van der Waals surface area contributed by atoms with Gasteiger partial charge in [0.2, 0.25) is 5.91 Å². The number of hydrogen-bond donors (Lipinski definition) is 2. The van der Waals surface area contributed by atoms with Crippen LogP contribution in [0.1, 0.15) is 17.5 Å². The standard InChI is InChI=1S/C19H19N3O5/c23-18(24)11-17-19(25)21(9-8-13-4-2-1-3-5-13)12-14-10-15(22(26)27)6-7-16(14)20-17/h1-7,10,17,20H,8-9,11-12H2,(H,23,24). The number of carbonyl (C=O) groups is 2. The number of anilines is 1. The van der Waals surface area contributed by atoms with E-state index in [9.17, 15) is 19.7 Å². The van der Waals surface area contributed by atoms with Gasteiger partial charge >= 0.3 is 5.97 Å². The number of amides is 1. The number of carboxylic acid groups (broad SMARTS) is 1. The molecule has 2 aromatic rings. The molecule has 0 spiro atoms. The molecule has 0 saturated carbocycles. The van der Waals surface area contributed by atoms with Gasteiger partial charge in [-0.25, -0.2) is 0 Å². The molecule has 0 radical (unpaired) electrons. The van der Waals surface area contributed by atoms with E-state index in [1.54, 1.807) is 4.90 Å². The summed E-state index contributed by atoms with van der Waals surface area (Å²) in [5, 5.41) is 23.1. The molecule has 3 rings (SSSR count). The Kier molecular flexibility index (Phi) is 5.35. The first-order chi connectivity index (χ1) is 12.9. The lowest BCUT2D eigenvalue weighted by atomic mass is 10.1. The van der Waals surface area contributed by atoms with Crippen LogP contribution in [0.2, 0.25) is 0 Å². The minimum Gasteiger partial charge on any atom is -0.481 e. The molecule has 140 valence electrons. The zero-order chi connectivity index (χ0) is 19.4. The molecule has 27 heavy (non-hydrogen) atoms. The summed E-state index contributed by atoms with van der Waals surface area (Å²) < 4.78 is 0. The van der Waals surface area contributed by atoms with Gasteiger partial charge in [0.1, 0.15) is 6.04 Å². The van der Waals surface area contributed by atoms with E-state index in [1.807, 2.05) is 30.3 Å². The Bertz CT molecular complexity index is 869. The van der Waals surface area contributed by atoms with E-state index in [2.05, 4.69) is 5.32 Å². The number of carboxylic acids is 1. The SMILES string of the molecule is O=C(O)CC1Nc2ccc([N+](=O)[O-])cc2CN(CCc2ccccc2)C1=O. The molecule has 8 heteroatoms. The maximum atomic E-state index is 12.9. The van der Waals surface area contributed by atoms with Gasteiger partial charge in [0.05, 0.1) is 11.3 Å². The Labute approximate surface area is 155 Å². The number of non-ortho nitro benzene ring substituents is 1. The van der Waals surface area contributed by atoms with E-state index in [-0.39, 0.29) is 24.6 Å². The number of hydrogen-bond acceptors (Lipinski definition) is 5. The highest BCUT2D eigenvalue weighted by atomic mass is 16.6. The summed E-state index contributed by atoms with van der Waals surface area (Å²) in [6, 6.07) is 13.0. The highest BCUT2D eigenvalue weighted by Crippen LogP contribution is 2.28. The molecular formula is C19H19N3O5. The number of nitro groups is 1. The summed E-state index contributed by atoms with van der Waals surface area (Å²) in [6.07, 6.45) is 0.244. The minimum atomic E-state index is -1.09.